The maximum Gasteiger partial charge on any atom is 0.412 e. The number of hydrogen-bond acceptors (Lipinski definition) is 4. The van der Waals surface area contributed by atoms with E-state index in [4.69, 9.17) is 4.74 Å². The SMILES string of the molecule is Cc1nsc(-c2ccc(Br)cc2)c1NC(=O)OCC1=CCCC=C1. The maximum atomic E-state index is 12.1. The molecule has 0 saturated heterocycles. The van der Waals surface area contributed by atoms with Crippen molar-refractivity contribution in [1.29, 1.82) is 0 Å². The molecule has 3 rings (SSSR count). The predicted octanol–water partition coefficient (Wildman–Crippen LogP) is 5.71. The van der Waals surface area contributed by atoms with Crippen molar-refractivity contribution in [3.05, 3.63) is 58.2 Å². The lowest BCUT2D eigenvalue weighted by molar-refractivity contribution is 0.172. The van der Waals surface area contributed by atoms with Gasteiger partial charge in [-0.3, -0.25) is 5.32 Å². The summed E-state index contributed by atoms with van der Waals surface area (Å²) >= 11 is 4.79. The Kier molecular flexibility index (Phi) is 5.48. The summed E-state index contributed by atoms with van der Waals surface area (Å²) in [6.07, 6.45) is 7.77. The van der Waals surface area contributed by atoms with Crippen LogP contribution in [0.5, 0.6) is 0 Å². The Morgan fingerprint density at radius 2 is 2.12 bits per heavy atom. The van der Waals surface area contributed by atoms with E-state index >= 15 is 0 Å². The molecule has 1 aliphatic rings. The number of benzene rings is 1. The minimum atomic E-state index is -0.462. The smallest absolute Gasteiger partial charge is 0.412 e. The average Bonchev–Trinajstić information content (AvgIpc) is 2.95. The van der Waals surface area contributed by atoms with E-state index in [0.717, 1.165) is 39.0 Å². The molecule has 124 valence electrons. The van der Waals surface area contributed by atoms with Gasteiger partial charge in [0.05, 0.1) is 16.3 Å². The summed E-state index contributed by atoms with van der Waals surface area (Å²) in [4.78, 5) is 13.1. The van der Waals surface area contributed by atoms with Gasteiger partial charge in [0, 0.05) is 4.47 Å². The minimum absolute atomic E-state index is 0.284. The van der Waals surface area contributed by atoms with E-state index < -0.39 is 6.09 Å². The highest BCUT2D eigenvalue weighted by Gasteiger charge is 2.16. The van der Waals surface area contributed by atoms with Gasteiger partial charge in [-0.1, -0.05) is 46.3 Å². The molecule has 0 aliphatic heterocycles. The number of hydrogen-bond donors (Lipinski definition) is 1. The highest BCUT2D eigenvalue weighted by molar-refractivity contribution is 9.10. The molecule has 4 nitrogen and oxygen atoms in total. The molecule has 0 spiro atoms. The Hall–Kier alpha value is -1.92. The highest BCUT2D eigenvalue weighted by atomic mass is 79.9. The third kappa shape index (κ3) is 4.13. The zero-order valence-corrected chi connectivity index (χ0v) is 15.6. The summed E-state index contributed by atoms with van der Waals surface area (Å²) in [7, 11) is 0. The minimum Gasteiger partial charge on any atom is -0.444 e. The first-order chi connectivity index (χ1) is 11.6. The Balaban J connectivity index is 1.69. The van der Waals surface area contributed by atoms with Crippen molar-refractivity contribution < 1.29 is 9.53 Å². The van der Waals surface area contributed by atoms with E-state index in [1.165, 1.54) is 11.5 Å². The number of amides is 1. The van der Waals surface area contributed by atoms with E-state index in [-0.39, 0.29) is 6.61 Å². The van der Waals surface area contributed by atoms with E-state index in [9.17, 15) is 4.79 Å². The van der Waals surface area contributed by atoms with Gasteiger partial charge in [-0.2, -0.15) is 4.37 Å². The van der Waals surface area contributed by atoms with Gasteiger partial charge in [-0.15, -0.1) is 0 Å². The number of carbonyl (C=O) groups excluding carboxylic acids is 1. The topological polar surface area (TPSA) is 51.2 Å². The van der Waals surface area contributed by atoms with Crippen LogP contribution >= 0.6 is 27.5 Å². The lowest BCUT2D eigenvalue weighted by atomic mass is 10.1. The number of carbonyl (C=O) groups is 1. The summed E-state index contributed by atoms with van der Waals surface area (Å²) in [5.74, 6) is 0. The molecule has 0 unspecified atom stereocenters. The Bertz CT molecular complexity index is 794. The predicted molar refractivity (Wildman–Crippen MR) is 101 cm³/mol. The number of ether oxygens (including phenoxy) is 1. The molecule has 0 saturated carbocycles. The summed E-state index contributed by atoms with van der Waals surface area (Å²) in [5.41, 5.74) is 3.54. The summed E-state index contributed by atoms with van der Waals surface area (Å²) in [6, 6.07) is 7.92. The van der Waals surface area contributed by atoms with Crippen molar-refractivity contribution in [2.45, 2.75) is 19.8 Å². The molecule has 0 fully saturated rings. The van der Waals surface area contributed by atoms with Crippen LogP contribution in [0.3, 0.4) is 0 Å². The molecule has 1 aliphatic carbocycles. The maximum absolute atomic E-state index is 12.1. The standard InChI is InChI=1S/C18H17BrN2O2S/c1-12-16(17(24-21-12)14-7-9-15(19)10-8-14)20-18(22)23-11-13-5-3-2-4-6-13/h3,5-10H,2,4,11H2,1H3,(H,20,22). The van der Waals surface area contributed by atoms with Crippen LogP contribution in [0.15, 0.2) is 52.5 Å². The van der Waals surface area contributed by atoms with Crippen LogP contribution < -0.4 is 5.32 Å². The van der Waals surface area contributed by atoms with E-state index in [1.54, 1.807) is 0 Å². The molecule has 0 atom stereocenters. The van der Waals surface area contributed by atoms with Gasteiger partial charge >= 0.3 is 6.09 Å². The molecule has 0 radical (unpaired) electrons. The molecule has 0 bridgehead atoms. The van der Waals surface area contributed by atoms with Gasteiger partial charge in [-0.05, 0) is 54.6 Å². The van der Waals surface area contributed by atoms with Gasteiger partial charge in [0.1, 0.15) is 6.61 Å². The van der Waals surface area contributed by atoms with Crippen LogP contribution in [0, 0.1) is 6.92 Å². The Morgan fingerprint density at radius 1 is 1.33 bits per heavy atom. The molecule has 2 aromatic rings. The lowest BCUT2D eigenvalue weighted by Crippen LogP contribution is -2.16. The Labute approximate surface area is 153 Å². The van der Waals surface area contributed by atoms with Crippen molar-refractivity contribution in [3.63, 3.8) is 0 Å². The van der Waals surface area contributed by atoms with Crippen molar-refractivity contribution in [1.82, 2.24) is 4.37 Å². The van der Waals surface area contributed by atoms with Crippen molar-refractivity contribution >= 4 is 39.2 Å². The molecular weight excluding hydrogens is 388 g/mol. The van der Waals surface area contributed by atoms with Crippen LogP contribution in [-0.2, 0) is 4.74 Å². The van der Waals surface area contributed by atoms with E-state index in [0.29, 0.717) is 5.69 Å². The number of halogens is 1. The lowest BCUT2D eigenvalue weighted by Gasteiger charge is -2.10. The number of rotatable bonds is 4. The van der Waals surface area contributed by atoms with E-state index in [2.05, 4.69) is 37.8 Å². The monoisotopic (exact) mass is 404 g/mol. The largest absolute Gasteiger partial charge is 0.444 e. The second kappa shape index (κ2) is 7.77. The van der Waals surface area contributed by atoms with Gasteiger partial charge in [0.15, 0.2) is 0 Å². The van der Waals surface area contributed by atoms with Crippen LogP contribution in [0.1, 0.15) is 18.5 Å². The fraction of sp³-hybridized carbons (Fsp3) is 0.222. The van der Waals surface area contributed by atoms with Crippen molar-refractivity contribution in [2.24, 2.45) is 0 Å². The number of anilines is 1. The molecule has 6 heteroatoms. The van der Waals surface area contributed by atoms with E-state index in [1.807, 2.05) is 37.3 Å². The third-order valence-electron chi connectivity index (χ3n) is 3.64. The summed E-state index contributed by atoms with van der Waals surface area (Å²) < 4.78 is 10.7. The number of allylic oxidation sites excluding steroid dienone is 2. The second-order valence-corrected chi connectivity index (χ2v) is 7.13. The van der Waals surface area contributed by atoms with Crippen LogP contribution in [0.4, 0.5) is 10.5 Å². The van der Waals surface area contributed by atoms with Crippen LogP contribution in [0.2, 0.25) is 0 Å². The molecule has 1 aromatic heterocycles. The van der Waals surface area contributed by atoms with Gasteiger partial charge in [0.2, 0.25) is 0 Å². The third-order valence-corrected chi connectivity index (χ3v) is 5.15. The summed E-state index contributed by atoms with van der Waals surface area (Å²) in [6.45, 7) is 2.16. The first-order valence-corrected chi connectivity index (χ1v) is 9.21. The van der Waals surface area contributed by atoms with Gasteiger partial charge in [-0.25, -0.2) is 4.79 Å². The molecule has 1 N–H and O–H groups in total. The molecule has 24 heavy (non-hydrogen) atoms. The van der Waals surface area contributed by atoms with Gasteiger partial charge < -0.3 is 4.74 Å². The fourth-order valence-corrected chi connectivity index (χ4v) is 3.49. The molecule has 1 heterocycles. The zero-order valence-electron chi connectivity index (χ0n) is 13.2. The number of aromatic nitrogens is 1. The van der Waals surface area contributed by atoms with Crippen molar-refractivity contribution in [2.75, 3.05) is 11.9 Å². The Morgan fingerprint density at radius 3 is 2.83 bits per heavy atom. The van der Waals surface area contributed by atoms with Gasteiger partial charge in [0.25, 0.3) is 0 Å². The van der Waals surface area contributed by atoms with Crippen LogP contribution in [0.25, 0.3) is 10.4 Å². The van der Waals surface area contributed by atoms with Crippen LogP contribution in [-0.4, -0.2) is 17.1 Å². The number of nitrogens with zero attached hydrogens (tertiary/aromatic N) is 1. The number of nitrogens with one attached hydrogen (secondary N) is 1. The first-order valence-electron chi connectivity index (χ1n) is 7.65. The molecular formula is C18H17BrN2O2S. The first kappa shape index (κ1) is 16.9. The summed E-state index contributed by atoms with van der Waals surface area (Å²) in [5, 5.41) is 2.84. The van der Waals surface area contributed by atoms with Crippen molar-refractivity contribution in [3.8, 4) is 10.4 Å². The average molecular weight is 405 g/mol. The molecule has 1 amide bonds. The quantitative estimate of drug-likeness (QED) is 0.709. The normalized spacial score (nSPS) is 13.5. The molecule has 1 aromatic carbocycles. The fourth-order valence-electron chi connectivity index (χ4n) is 2.38. The highest BCUT2D eigenvalue weighted by Crippen LogP contribution is 2.35. The number of aryl methyl sites for hydroxylation is 1. The zero-order chi connectivity index (χ0) is 16.9. The second-order valence-electron chi connectivity index (χ2n) is 5.44.